The molecule has 158 valence electrons. The standard InChI is InChI=1S/C22H17BrClN3O3S/c1-30-19-12-13(25-22(31)27-20(28)14-6-2-4-8-16(14)23)10-11-18(19)26-21(29)15-7-3-5-9-17(15)24/h2-12H,1H3,(H,26,29)(H2,25,27,28,31). The third kappa shape index (κ3) is 5.81. The summed E-state index contributed by atoms with van der Waals surface area (Å²) in [7, 11) is 1.48. The number of halogens is 2. The topological polar surface area (TPSA) is 79.5 Å². The fourth-order valence-corrected chi connectivity index (χ4v) is 3.58. The minimum atomic E-state index is -0.360. The summed E-state index contributed by atoms with van der Waals surface area (Å²) in [5.74, 6) is -0.299. The summed E-state index contributed by atoms with van der Waals surface area (Å²) in [4.78, 5) is 24.9. The van der Waals surface area contributed by atoms with Gasteiger partial charge in [0.15, 0.2) is 5.11 Å². The van der Waals surface area contributed by atoms with Crippen molar-refractivity contribution < 1.29 is 14.3 Å². The fourth-order valence-electron chi connectivity index (χ4n) is 2.69. The van der Waals surface area contributed by atoms with Crippen LogP contribution in [0.5, 0.6) is 5.75 Å². The van der Waals surface area contributed by atoms with Gasteiger partial charge >= 0.3 is 0 Å². The molecule has 0 heterocycles. The third-order valence-corrected chi connectivity index (χ3v) is 5.40. The van der Waals surface area contributed by atoms with E-state index in [2.05, 4.69) is 31.9 Å². The molecule has 0 aromatic heterocycles. The van der Waals surface area contributed by atoms with Crippen molar-refractivity contribution in [2.24, 2.45) is 0 Å². The Morgan fingerprint density at radius 3 is 2.29 bits per heavy atom. The van der Waals surface area contributed by atoms with Crippen LogP contribution < -0.4 is 20.7 Å². The molecule has 0 radical (unpaired) electrons. The first-order valence-electron chi connectivity index (χ1n) is 9.00. The molecule has 9 heteroatoms. The van der Waals surface area contributed by atoms with Crippen LogP contribution in [0.1, 0.15) is 20.7 Å². The fraction of sp³-hybridized carbons (Fsp3) is 0.0455. The van der Waals surface area contributed by atoms with Gasteiger partial charge in [-0.05, 0) is 64.5 Å². The first-order chi connectivity index (χ1) is 14.9. The van der Waals surface area contributed by atoms with Crippen LogP contribution in [0.2, 0.25) is 5.02 Å². The predicted octanol–water partition coefficient (Wildman–Crippen LogP) is 5.49. The van der Waals surface area contributed by atoms with E-state index in [1.807, 2.05) is 6.07 Å². The third-order valence-electron chi connectivity index (χ3n) is 4.17. The van der Waals surface area contributed by atoms with Crippen molar-refractivity contribution in [1.29, 1.82) is 0 Å². The number of carbonyl (C=O) groups is 2. The van der Waals surface area contributed by atoms with Crippen LogP contribution in [0.15, 0.2) is 71.2 Å². The second kappa shape index (κ2) is 10.4. The Hall–Kier alpha value is -2.94. The van der Waals surface area contributed by atoms with Crippen LogP contribution in [-0.2, 0) is 0 Å². The number of hydrogen-bond acceptors (Lipinski definition) is 4. The van der Waals surface area contributed by atoms with Crippen LogP contribution >= 0.6 is 39.7 Å². The Kier molecular flexibility index (Phi) is 7.62. The van der Waals surface area contributed by atoms with Gasteiger partial charge in [-0.3, -0.25) is 14.9 Å². The molecule has 3 rings (SSSR count). The van der Waals surface area contributed by atoms with E-state index in [9.17, 15) is 9.59 Å². The van der Waals surface area contributed by atoms with Gasteiger partial charge in [0.2, 0.25) is 0 Å². The van der Waals surface area contributed by atoms with E-state index in [0.29, 0.717) is 37.7 Å². The van der Waals surface area contributed by atoms with Crippen molar-refractivity contribution in [3.63, 3.8) is 0 Å². The highest BCUT2D eigenvalue weighted by Gasteiger charge is 2.14. The molecule has 0 unspecified atom stereocenters. The summed E-state index contributed by atoms with van der Waals surface area (Å²) in [5.41, 5.74) is 1.84. The summed E-state index contributed by atoms with van der Waals surface area (Å²) in [6, 6.07) is 18.8. The number of thiocarbonyl (C=S) groups is 1. The van der Waals surface area contributed by atoms with Crippen molar-refractivity contribution in [1.82, 2.24) is 5.32 Å². The Labute approximate surface area is 198 Å². The molecule has 0 aliphatic carbocycles. The van der Waals surface area contributed by atoms with Gasteiger partial charge < -0.3 is 15.4 Å². The average Bonchev–Trinajstić information content (AvgIpc) is 2.75. The molecule has 6 nitrogen and oxygen atoms in total. The van der Waals surface area contributed by atoms with E-state index >= 15 is 0 Å². The van der Waals surface area contributed by atoms with Gasteiger partial charge in [0.1, 0.15) is 5.75 Å². The second-order valence-corrected chi connectivity index (χ2v) is 7.91. The average molecular weight is 519 g/mol. The zero-order valence-electron chi connectivity index (χ0n) is 16.2. The Morgan fingerprint density at radius 1 is 0.935 bits per heavy atom. The minimum absolute atomic E-state index is 0.121. The highest BCUT2D eigenvalue weighted by molar-refractivity contribution is 9.10. The monoisotopic (exact) mass is 517 g/mol. The SMILES string of the molecule is COc1cc(NC(=S)NC(=O)c2ccccc2Br)ccc1NC(=O)c1ccccc1Cl. The lowest BCUT2D eigenvalue weighted by Gasteiger charge is -2.14. The normalized spacial score (nSPS) is 10.2. The molecule has 0 bridgehead atoms. The number of ether oxygens (including phenoxy) is 1. The smallest absolute Gasteiger partial charge is 0.258 e. The van der Waals surface area contributed by atoms with E-state index in [4.69, 9.17) is 28.6 Å². The van der Waals surface area contributed by atoms with Gasteiger partial charge in [0, 0.05) is 16.2 Å². The molecule has 0 saturated carbocycles. The summed E-state index contributed by atoms with van der Waals surface area (Å²) in [5, 5.41) is 8.80. The molecule has 0 fully saturated rings. The number of amides is 2. The van der Waals surface area contributed by atoms with Gasteiger partial charge in [0.05, 0.1) is 28.9 Å². The molecule has 3 aromatic rings. The Balaban J connectivity index is 1.69. The lowest BCUT2D eigenvalue weighted by Crippen LogP contribution is -2.34. The Morgan fingerprint density at radius 2 is 1.61 bits per heavy atom. The van der Waals surface area contributed by atoms with E-state index in [-0.39, 0.29) is 16.9 Å². The van der Waals surface area contributed by atoms with Gasteiger partial charge in [-0.25, -0.2) is 0 Å². The zero-order valence-corrected chi connectivity index (χ0v) is 19.4. The van der Waals surface area contributed by atoms with Crippen molar-refractivity contribution in [2.45, 2.75) is 0 Å². The zero-order chi connectivity index (χ0) is 22.4. The second-order valence-electron chi connectivity index (χ2n) is 6.24. The van der Waals surface area contributed by atoms with Gasteiger partial charge in [-0.2, -0.15) is 0 Å². The van der Waals surface area contributed by atoms with Crippen LogP contribution in [0.4, 0.5) is 11.4 Å². The van der Waals surface area contributed by atoms with Crippen molar-refractivity contribution >= 4 is 68.1 Å². The maximum atomic E-state index is 12.5. The van der Waals surface area contributed by atoms with E-state index in [1.54, 1.807) is 60.7 Å². The summed E-state index contributed by atoms with van der Waals surface area (Å²) in [6.07, 6.45) is 0. The Bertz CT molecular complexity index is 1160. The molecular weight excluding hydrogens is 502 g/mol. The number of methoxy groups -OCH3 is 1. The first-order valence-corrected chi connectivity index (χ1v) is 10.6. The molecule has 0 saturated heterocycles. The molecule has 2 amide bonds. The molecule has 0 spiro atoms. The lowest BCUT2D eigenvalue weighted by molar-refractivity contribution is 0.0975. The van der Waals surface area contributed by atoms with Gasteiger partial charge in [-0.1, -0.05) is 35.9 Å². The number of carbonyl (C=O) groups excluding carboxylic acids is 2. The van der Waals surface area contributed by atoms with Gasteiger partial charge in [0.25, 0.3) is 11.8 Å². The number of anilines is 2. The van der Waals surface area contributed by atoms with E-state index in [1.165, 1.54) is 7.11 Å². The first kappa shape index (κ1) is 22.7. The number of nitrogens with one attached hydrogen (secondary N) is 3. The van der Waals surface area contributed by atoms with Crippen LogP contribution in [0, 0.1) is 0 Å². The highest BCUT2D eigenvalue weighted by Crippen LogP contribution is 2.29. The molecule has 0 aliphatic rings. The molecule has 3 aromatic carbocycles. The van der Waals surface area contributed by atoms with Crippen LogP contribution in [0.3, 0.4) is 0 Å². The lowest BCUT2D eigenvalue weighted by atomic mass is 10.2. The van der Waals surface area contributed by atoms with Crippen LogP contribution in [0.25, 0.3) is 0 Å². The summed E-state index contributed by atoms with van der Waals surface area (Å²) in [6.45, 7) is 0. The van der Waals surface area contributed by atoms with Crippen molar-refractivity contribution in [3.8, 4) is 5.75 Å². The van der Waals surface area contributed by atoms with Crippen LogP contribution in [-0.4, -0.2) is 24.0 Å². The van der Waals surface area contributed by atoms with E-state index in [0.717, 1.165) is 0 Å². The van der Waals surface area contributed by atoms with Gasteiger partial charge in [-0.15, -0.1) is 0 Å². The number of rotatable bonds is 5. The maximum absolute atomic E-state index is 12.5. The highest BCUT2D eigenvalue weighted by atomic mass is 79.9. The number of benzene rings is 3. The maximum Gasteiger partial charge on any atom is 0.258 e. The minimum Gasteiger partial charge on any atom is -0.494 e. The molecule has 0 atom stereocenters. The molecule has 31 heavy (non-hydrogen) atoms. The van der Waals surface area contributed by atoms with E-state index < -0.39 is 0 Å². The number of hydrogen-bond donors (Lipinski definition) is 3. The molecule has 3 N–H and O–H groups in total. The predicted molar refractivity (Wildman–Crippen MR) is 130 cm³/mol. The summed E-state index contributed by atoms with van der Waals surface area (Å²) < 4.78 is 6.04. The largest absolute Gasteiger partial charge is 0.494 e. The quantitative estimate of drug-likeness (QED) is 0.389. The molecule has 0 aliphatic heterocycles. The van der Waals surface area contributed by atoms with Crippen molar-refractivity contribution in [3.05, 3.63) is 87.4 Å². The molecular formula is C22H17BrClN3O3S. The summed E-state index contributed by atoms with van der Waals surface area (Å²) >= 11 is 14.7. The van der Waals surface area contributed by atoms with Crippen molar-refractivity contribution in [2.75, 3.05) is 17.7 Å².